The third-order valence-corrected chi connectivity index (χ3v) is 4.13. The summed E-state index contributed by atoms with van der Waals surface area (Å²) in [7, 11) is 0. The summed E-state index contributed by atoms with van der Waals surface area (Å²) in [4.78, 5) is 11.5. The van der Waals surface area contributed by atoms with E-state index >= 15 is 0 Å². The highest BCUT2D eigenvalue weighted by molar-refractivity contribution is 5.81. The van der Waals surface area contributed by atoms with Gasteiger partial charge in [-0.25, -0.2) is 9.48 Å². The van der Waals surface area contributed by atoms with Gasteiger partial charge in [0.05, 0.1) is 12.1 Å². The SMILES string of the molecule is Cc1cc(=O)oc2cc(OCCCn3nnc4ccccc43)ccc12. The van der Waals surface area contributed by atoms with E-state index in [-0.39, 0.29) is 5.63 Å². The van der Waals surface area contributed by atoms with E-state index in [1.807, 2.05) is 48.0 Å². The van der Waals surface area contributed by atoms with Crippen LogP contribution in [0.4, 0.5) is 0 Å². The fraction of sp³-hybridized carbons (Fsp3) is 0.211. The largest absolute Gasteiger partial charge is 0.493 e. The minimum Gasteiger partial charge on any atom is -0.493 e. The topological polar surface area (TPSA) is 70.2 Å². The summed E-state index contributed by atoms with van der Waals surface area (Å²) in [6.07, 6.45) is 0.795. The van der Waals surface area contributed by atoms with Gasteiger partial charge in [0.15, 0.2) is 0 Å². The lowest BCUT2D eigenvalue weighted by atomic mass is 10.1. The summed E-state index contributed by atoms with van der Waals surface area (Å²) in [6, 6.07) is 14.9. The van der Waals surface area contributed by atoms with Crippen LogP contribution in [0.25, 0.3) is 22.0 Å². The number of rotatable bonds is 5. The van der Waals surface area contributed by atoms with Gasteiger partial charge in [0.2, 0.25) is 0 Å². The molecule has 4 rings (SSSR count). The molecule has 0 fully saturated rings. The van der Waals surface area contributed by atoms with Gasteiger partial charge in [-0.2, -0.15) is 0 Å². The molecule has 2 aromatic heterocycles. The van der Waals surface area contributed by atoms with Gasteiger partial charge >= 0.3 is 5.63 Å². The van der Waals surface area contributed by atoms with Crippen LogP contribution in [-0.2, 0) is 6.54 Å². The van der Waals surface area contributed by atoms with Crippen molar-refractivity contribution in [2.75, 3.05) is 6.61 Å². The smallest absolute Gasteiger partial charge is 0.336 e. The van der Waals surface area contributed by atoms with Gasteiger partial charge in [-0.05, 0) is 36.8 Å². The fourth-order valence-electron chi connectivity index (χ4n) is 2.88. The molecule has 25 heavy (non-hydrogen) atoms. The van der Waals surface area contributed by atoms with E-state index < -0.39 is 0 Å². The number of benzene rings is 2. The van der Waals surface area contributed by atoms with Gasteiger partial charge < -0.3 is 9.15 Å². The van der Waals surface area contributed by atoms with Gasteiger partial charge in [-0.15, -0.1) is 5.10 Å². The van der Waals surface area contributed by atoms with Gasteiger partial charge in [-0.1, -0.05) is 17.3 Å². The molecule has 6 nitrogen and oxygen atoms in total. The molecule has 0 amide bonds. The minimum atomic E-state index is -0.347. The van der Waals surface area contributed by atoms with Crippen molar-refractivity contribution in [3.8, 4) is 5.75 Å². The van der Waals surface area contributed by atoms with Crippen molar-refractivity contribution in [2.24, 2.45) is 0 Å². The molecule has 0 atom stereocenters. The second-order valence-electron chi connectivity index (χ2n) is 5.91. The lowest BCUT2D eigenvalue weighted by Crippen LogP contribution is -2.06. The Balaban J connectivity index is 1.41. The Morgan fingerprint density at radius 2 is 2.04 bits per heavy atom. The highest BCUT2D eigenvalue weighted by Crippen LogP contribution is 2.22. The average molecular weight is 335 g/mol. The lowest BCUT2D eigenvalue weighted by Gasteiger charge is -2.08. The first-order valence-corrected chi connectivity index (χ1v) is 8.16. The fourth-order valence-corrected chi connectivity index (χ4v) is 2.88. The quantitative estimate of drug-likeness (QED) is 0.413. The van der Waals surface area contributed by atoms with Gasteiger partial charge in [-0.3, -0.25) is 0 Å². The van der Waals surface area contributed by atoms with Crippen molar-refractivity contribution in [2.45, 2.75) is 19.9 Å². The van der Waals surface area contributed by atoms with Crippen LogP contribution >= 0.6 is 0 Å². The van der Waals surface area contributed by atoms with Crippen molar-refractivity contribution in [3.05, 3.63) is 64.5 Å². The summed E-state index contributed by atoms with van der Waals surface area (Å²) >= 11 is 0. The molecular formula is C19H17N3O3. The maximum Gasteiger partial charge on any atom is 0.336 e. The zero-order valence-corrected chi connectivity index (χ0v) is 13.8. The van der Waals surface area contributed by atoms with Gasteiger partial charge in [0.1, 0.15) is 16.8 Å². The second kappa shape index (κ2) is 6.39. The zero-order chi connectivity index (χ0) is 17.2. The minimum absolute atomic E-state index is 0.347. The molecule has 0 unspecified atom stereocenters. The van der Waals surface area contributed by atoms with E-state index in [2.05, 4.69) is 10.3 Å². The highest BCUT2D eigenvalue weighted by Gasteiger charge is 2.05. The van der Waals surface area contributed by atoms with Crippen molar-refractivity contribution in [1.29, 1.82) is 0 Å². The van der Waals surface area contributed by atoms with E-state index in [1.165, 1.54) is 6.07 Å². The Hall–Kier alpha value is -3.15. The maximum atomic E-state index is 11.5. The molecule has 6 heteroatoms. The van der Waals surface area contributed by atoms with Crippen molar-refractivity contribution >= 4 is 22.0 Å². The maximum absolute atomic E-state index is 11.5. The zero-order valence-electron chi connectivity index (χ0n) is 13.8. The molecule has 0 spiro atoms. The number of hydrogen-bond donors (Lipinski definition) is 0. The Morgan fingerprint density at radius 3 is 2.96 bits per heavy atom. The van der Waals surface area contributed by atoms with Crippen LogP contribution in [0.3, 0.4) is 0 Å². The predicted octanol–water partition coefficient (Wildman–Crippen LogP) is 3.32. The standard InChI is InChI=1S/C19H17N3O3/c1-13-11-19(23)25-18-12-14(7-8-15(13)18)24-10-4-9-22-17-6-3-2-5-16(17)20-21-22/h2-3,5-8,11-12H,4,9-10H2,1H3. The summed E-state index contributed by atoms with van der Waals surface area (Å²) in [5, 5.41) is 9.22. The molecule has 126 valence electrons. The van der Waals surface area contributed by atoms with Crippen LogP contribution in [-0.4, -0.2) is 21.6 Å². The van der Waals surface area contributed by atoms with Gasteiger partial charge in [0, 0.05) is 30.5 Å². The Kier molecular flexibility index (Phi) is 3.93. The van der Waals surface area contributed by atoms with E-state index in [0.29, 0.717) is 17.9 Å². The molecule has 0 N–H and O–H groups in total. The summed E-state index contributed by atoms with van der Waals surface area (Å²) in [5.74, 6) is 0.685. The Labute approximate surface area is 143 Å². The Morgan fingerprint density at radius 1 is 1.16 bits per heavy atom. The van der Waals surface area contributed by atoms with Crippen LogP contribution in [0.15, 0.2) is 57.7 Å². The van der Waals surface area contributed by atoms with E-state index in [9.17, 15) is 4.79 Å². The number of fused-ring (bicyclic) bond motifs is 2. The van der Waals surface area contributed by atoms with E-state index in [0.717, 1.165) is 34.9 Å². The molecule has 0 bridgehead atoms. The second-order valence-corrected chi connectivity index (χ2v) is 5.91. The number of aromatic nitrogens is 3. The normalized spacial score (nSPS) is 11.2. The molecule has 2 aromatic carbocycles. The predicted molar refractivity (Wildman–Crippen MR) is 94.9 cm³/mol. The molecule has 0 aliphatic rings. The molecule has 0 radical (unpaired) electrons. The lowest BCUT2D eigenvalue weighted by molar-refractivity contribution is 0.299. The van der Waals surface area contributed by atoms with Crippen LogP contribution < -0.4 is 10.4 Å². The number of aryl methyl sites for hydroxylation is 2. The summed E-state index contributed by atoms with van der Waals surface area (Å²) < 4.78 is 12.9. The van der Waals surface area contributed by atoms with Crippen LogP contribution in [0.2, 0.25) is 0 Å². The molecule has 0 aliphatic carbocycles. The number of para-hydroxylation sites is 1. The number of ether oxygens (including phenoxy) is 1. The molecule has 2 heterocycles. The first-order valence-electron chi connectivity index (χ1n) is 8.16. The van der Waals surface area contributed by atoms with Crippen LogP contribution in [0.5, 0.6) is 5.75 Å². The molecule has 4 aromatic rings. The van der Waals surface area contributed by atoms with Crippen LogP contribution in [0.1, 0.15) is 12.0 Å². The van der Waals surface area contributed by atoms with Crippen molar-refractivity contribution in [1.82, 2.24) is 15.0 Å². The highest BCUT2D eigenvalue weighted by atomic mass is 16.5. The third kappa shape index (κ3) is 3.10. The molecule has 0 aliphatic heterocycles. The molecule has 0 saturated heterocycles. The average Bonchev–Trinajstić information content (AvgIpc) is 3.01. The van der Waals surface area contributed by atoms with Crippen LogP contribution in [0, 0.1) is 6.92 Å². The summed E-state index contributed by atoms with van der Waals surface area (Å²) in [6.45, 7) is 3.15. The Bertz CT molecular complexity index is 1100. The molecule has 0 saturated carbocycles. The van der Waals surface area contributed by atoms with E-state index in [1.54, 1.807) is 6.07 Å². The summed E-state index contributed by atoms with van der Waals surface area (Å²) in [5.41, 5.74) is 3.01. The van der Waals surface area contributed by atoms with Crippen molar-refractivity contribution < 1.29 is 9.15 Å². The number of nitrogens with zero attached hydrogens (tertiary/aromatic N) is 3. The van der Waals surface area contributed by atoms with E-state index in [4.69, 9.17) is 9.15 Å². The first-order chi connectivity index (χ1) is 12.2. The number of hydrogen-bond acceptors (Lipinski definition) is 5. The molecular weight excluding hydrogens is 318 g/mol. The van der Waals surface area contributed by atoms with Crippen molar-refractivity contribution in [3.63, 3.8) is 0 Å². The monoisotopic (exact) mass is 335 g/mol. The van der Waals surface area contributed by atoms with Gasteiger partial charge in [0.25, 0.3) is 0 Å². The first kappa shape index (κ1) is 15.4. The third-order valence-electron chi connectivity index (χ3n) is 4.13.